The molecule has 0 aliphatic heterocycles. The Hall–Kier alpha value is -2.56. The van der Waals surface area contributed by atoms with Gasteiger partial charge in [-0.1, -0.05) is 12.1 Å². The van der Waals surface area contributed by atoms with E-state index in [0.29, 0.717) is 11.7 Å². The van der Waals surface area contributed by atoms with E-state index in [1.165, 1.54) is 18.9 Å². The lowest BCUT2D eigenvalue weighted by Gasteiger charge is -2.23. The van der Waals surface area contributed by atoms with Gasteiger partial charge in [-0.3, -0.25) is 4.98 Å². The summed E-state index contributed by atoms with van der Waals surface area (Å²) in [5.41, 5.74) is 2.48. The molecule has 0 unspecified atom stereocenters. The molecule has 116 valence electrons. The SMILES string of the molecule is Fc1cccc(CCN(c2ccc3nccnc3n2)C2CC2)c1. The molecule has 2 aromatic heterocycles. The van der Waals surface area contributed by atoms with E-state index in [-0.39, 0.29) is 5.82 Å². The predicted octanol–water partition coefficient (Wildman–Crippen LogP) is 3.38. The van der Waals surface area contributed by atoms with E-state index >= 15 is 0 Å². The van der Waals surface area contributed by atoms with Crippen molar-refractivity contribution in [1.82, 2.24) is 15.0 Å². The summed E-state index contributed by atoms with van der Waals surface area (Å²) in [6.45, 7) is 0.826. The fourth-order valence-corrected chi connectivity index (χ4v) is 2.82. The fraction of sp³-hybridized carbons (Fsp3) is 0.278. The van der Waals surface area contributed by atoms with Gasteiger partial charge in [0.05, 0.1) is 0 Å². The van der Waals surface area contributed by atoms with Crippen molar-refractivity contribution < 1.29 is 4.39 Å². The highest BCUT2D eigenvalue weighted by Gasteiger charge is 2.29. The van der Waals surface area contributed by atoms with Crippen molar-refractivity contribution in [3.8, 4) is 0 Å². The van der Waals surface area contributed by atoms with Crippen LogP contribution in [-0.2, 0) is 6.42 Å². The molecule has 23 heavy (non-hydrogen) atoms. The minimum atomic E-state index is -0.181. The third-order valence-corrected chi connectivity index (χ3v) is 4.13. The molecule has 0 radical (unpaired) electrons. The van der Waals surface area contributed by atoms with Crippen LogP contribution >= 0.6 is 0 Å². The minimum Gasteiger partial charge on any atom is -0.353 e. The molecule has 1 fully saturated rings. The molecule has 0 saturated heterocycles. The summed E-state index contributed by atoms with van der Waals surface area (Å²) in [4.78, 5) is 15.5. The van der Waals surface area contributed by atoms with Crippen LogP contribution < -0.4 is 4.90 Å². The molecule has 4 nitrogen and oxygen atoms in total. The predicted molar refractivity (Wildman–Crippen MR) is 87.8 cm³/mol. The van der Waals surface area contributed by atoms with Crippen molar-refractivity contribution >= 4 is 17.0 Å². The van der Waals surface area contributed by atoms with Gasteiger partial charge in [0.15, 0.2) is 5.65 Å². The quantitative estimate of drug-likeness (QED) is 0.724. The van der Waals surface area contributed by atoms with Crippen molar-refractivity contribution in [3.63, 3.8) is 0 Å². The minimum absolute atomic E-state index is 0.181. The van der Waals surface area contributed by atoms with E-state index in [0.717, 1.165) is 29.9 Å². The highest BCUT2D eigenvalue weighted by atomic mass is 19.1. The normalized spacial score (nSPS) is 14.1. The number of hydrogen-bond acceptors (Lipinski definition) is 4. The zero-order valence-electron chi connectivity index (χ0n) is 12.7. The Balaban J connectivity index is 1.57. The van der Waals surface area contributed by atoms with Gasteiger partial charge in [-0.05, 0) is 49.1 Å². The van der Waals surface area contributed by atoms with Crippen molar-refractivity contribution in [1.29, 1.82) is 0 Å². The molecule has 0 bridgehead atoms. The van der Waals surface area contributed by atoms with E-state index in [4.69, 9.17) is 0 Å². The van der Waals surface area contributed by atoms with Gasteiger partial charge in [-0.25, -0.2) is 14.4 Å². The summed E-state index contributed by atoms with van der Waals surface area (Å²) in [6.07, 6.45) is 6.50. The first-order valence-corrected chi connectivity index (χ1v) is 7.88. The molecule has 3 aromatic rings. The van der Waals surface area contributed by atoms with Gasteiger partial charge in [-0.15, -0.1) is 0 Å². The van der Waals surface area contributed by atoms with E-state index in [9.17, 15) is 4.39 Å². The molecule has 1 saturated carbocycles. The number of fused-ring (bicyclic) bond motifs is 1. The summed E-state index contributed by atoms with van der Waals surface area (Å²) in [5.74, 6) is 0.747. The summed E-state index contributed by atoms with van der Waals surface area (Å²) in [6, 6.07) is 11.3. The standard InChI is InChI=1S/C18H17FN4/c19-14-3-1-2-13(12-14)8-11-23(15-4-5-15)17-7-6-16-18(22-17)21-10-9-20-16/h1-3,6-7,9-10,12,15H,4-5,8,11H2. The fourth-order valence-electron chi connectivity index (χ4n) is 2.82. The van der Waals surface area contributed by atoms with Gasteiger partial charge in [0.25, 0.3) is 0 Å². The van der Waals surface area contributed by atoms with Crippen LogP contribution in [0.15, 0.2) is 48.8 Å². The van der Waals surface area contributed by atoms with Crippen LogP contribution in [0.2, 0.25) is 0 Å². The number of benzene rings is 1. The van der Waals surface area contributed by atoms with Crippen LogP contribution in [0.1, 0.15) is 18.4 Å². The molecule has 5 heteroatoms. The Bertz CT molecular complexity index is 832. The Morgan fingerprint density at radius 3 is 2.78 bits per heavy atom. The molecule has 0 atom stereocenters. The average Bonchev–Trinajstić information content (AvgIpc) is 3.40. The molecule has 1 aromatic carbocycles. The summed E-state index contributed by atoms with van der Waals surface area (Å²) in [7, 11) is 0. The Kier molecular flexibility index (Phi) is 3.61. The first-order valence-electron chi connectivity index (χ1n) is 7.88. The second-order valence-electron chi connectivity index (χ2n) is 5.87. The first kappa shape index (κ1) is 14.1. The van der Waals surface area contributed by atoms with Gasteiger partial charge in [-0.2, -0.15) is 0 Å². The zero-order chi connectivity index (χ0) is 15.6. The van der Waals surface area contributed by atoms with Crippen LogP contribution in [0.25, 0.3) is 11.2 Å². The molecule has 0 N–H and O–H groups in total. The summed E-state index contributed by atoms with van der Waals surface area (Å²) < 4.78 is 13.3. The van der Waals surface area contributed by atoms with Gasteiger partial charge < -0.3 is 4.90 Å². The highest BCUT2D eigenvalue weighted by Crippen LogP contribution is 2.31. The molecule has 0 spiro atoms. The second-order valence-corrected chi connectivity index (χ2v) is 5.87. The van der Waals surface area contributed by atoms with Crippen LogP contribution in [-0.4, -0.2) is 27.5 Å². The van der Waals surface area contributed by atoms with Crippen molar-refractivity contribution in [2.75, 3.05) is 11.4 Å². The molecular weight excluding hydrogens is 291 g/mol. The number of hydrogen-bond donors (Lipinski definition) is 0. The van der Waals surface area contributed by atoms with Crippen molar-refractivity contribution in [2.45, 2.75) is 25.3 Å². The molecule has 0 amide bonds. The Morgan fingerprint density at radius 1 is 1.09 bits per heavy atom. The van der Waals surface area contributed by atoms with Crippen LogP contribution in [0, 0.1) is 5.82 Å². The number of aromatic nitrogens is 3. The Morgan fingerprint density at radius 2 is 1.96 bits per heavy atom. The maximum atomic E-state index is 13.3. The van der Waals surface area contributed by atoms with Gasteiger partial charge in [0.1, 0.15) is 17.2 Å². The third-order valence-electron chi connectivity index (χ3n) is 4.13. The number of nitrogens with zero attached hydrogens (tertiary/aromatic N) is 4. The largest absolute Gasteiger partial charge is 0.353 e. The molecular formula is C18H17FN4. The lowest BCUT2D eigenvalue weighted by atomic mass is 10.1. The number of rotatable bonds is 5. The monoisotopic (exact) mass is 308 g/mol. The van der Waals surface area contributed by atoms with Gasteiger partial charge >= 0.3 is 0 Å². The van der Waals surface area contributed by atoms with Gasteiger partial charge in [0.2, 0.25) is 0 Å². The maximum Gasteiger partial charge on any atom is 0.180 e. The average molecular weight is 308 g/mol. The number of halogens is 1. The smallest absolute Gasteiger partial charge is 0.180 e. The number of anilines is 1. The first-order chi connectivity index (χ1) is 11.3. The Labute approximate surface area is 134 Å². The van der Waals surface area contributed by atoms with Crippen molar-refractivity contribution in [2.24, 2.45) is 0 Å². The third kappa shape index (κ3) is 3.13. The van der Waals surface area contributed by atoms with Crippen LogP contribution in [0.5, 0.6) is 0 Å². The lowest BCUT2D eigenvalue weighted by molar-refractivity contribution is 0.624. The van der Waals surface area contributed by atoms with E-state index in [2.05, 4.69) is 19.9 Å². The van der Waals surface area contributed by atoms with Crippen LogP contribution in [0.3, 0.4) is 0 Å². The topological polar surface area (TPSA) is 41.9 Å². The zero-order valence-corrected chi connectivity index (χ0v) is 12.7. The molecule has 1 aliphatic rings. The summed E-state index contributed by atoms with van der Waals surface area (Å²) >= 11 is 0. The second kappa shape index (κ2) is 5.91. The maximum absolute atomic E-state index is 13.3. The molecule has 1 aliphatic carbocycles. The van der Waals surface area contributed by atoms with E-state index in [1.54, 1.807) is 24.5 Å². The van der Waals surface area contributed by atoms with E-state index in [1.807, 2.05) is 18.2 Å². The van der Waals surface area contributed by atoms with Crippen molar-refractivity contribution in [3.05, 3.63) is 60.2 Å². The lowest BCUT2D eigenvalue weighted by Crippen LogP contribution is -2.29. The highest BCUT2D eigenvalue weighted by molar-refractivity contribution is 5.71. The summed E-state index contributed by atoms with van der Waals surface area (Å²) in [5, 5.41) is 0. The van der Waals surface area contributed by atoms with E-state index < -0.39 is 0 Å². The molecule has 4 rings (SSSR count). The number of pyridine rings is 1. The molecule has 2 heterocycles. The van der Waals surface area contributed by atoms with Gasteiger partial charge in [0, 0.05) is 25.0 Å². The van der Waals surface area contributed by atoms with Crippen LogP contribution in [0.4, 0.5) is 10.2 Å².